The number of nitrogens with zero attached hydrogens (tertiary/aromatic N) is 2. The molecule has 100 valence electrons. The summed E-state index contributed by atoms with van der Waals surface area (Å²) in [6.45, 7) is 5.22. The van der Waals surface area contributed by atoms with Gasteiger partial charge in [-0.05, 0) is 51.6 Å². The van der Waals surface area contributed by atoms with E-state index in [4.69, 9.17) is 4.74 Å². The Morgan fingerprint density at radius 1 is 1.50 bits per heavy atom. The van der Waals surface area contributed by atoms with Crippen molar-refractivity contribution in [3.8, 4) is 0 Å². The molecule has 0 radical (unpaired) electrons. The van der Waals surface area contributed by atoms with Crippen molar-refractivity contribution in [3.05, 3.63) is 24.3 Å². The second kappa shape index (κ2) is 7.44. The lowest BCUT2D eigenvalue weighted by molar-refractivity contribution is 0.0572. The fourth-order valence-corrected chi connectivity index (χ4v) is 2.41. The first-order valence-corrected chi connectivity index (χ1v) is 6.94. The zero-order chi connectivity index (χ0) is 12.6. The van der Waals surface area contributed by atoms with E-state index in [1.54, 1.807) is 18.6 Å². The van der Waals surface area contributed by atoms with Gasteiger partial charge in [-0.15, -0.1) is 0 Å². The van der Waals surface area contributed by atoms with Crippen LogP contribution in [-0.4, -0.2) is 29.7 Å². The highest BCUT2D eigenvalue weighted by atomic mass is 16.5. The van der Waals surface area contributed by atoms with Crippen molar-refractivity contribution in [2.45, 2.75) is 38.7 Å². The summed E-state index contributed by atoms with van der Waals surface area (Å²) in [5.41, 5.74) is 0.914. The van der Waals surface area contributed by atoms with Gasteiger partial charge in [0.1, 0.15) is 0 Å². The van der Waals surface area contributed by atoms with Gasteiger partial charge in [-0.2, -0.15) is 0 Å². The fourth-order valence-electron chi connectivity index (χ4n) is 2.41. The molecule has 0 bridgehead atoms. The topological polar surface area (TPSA) is 47.0 Å². The maximum Gasteiger partial charge on any atom is 0.0982 e. The number of ether oxygens (including phenoxy) is 1. The number of nitrogens with one attached hydrogen (secondary N) is 1. The van der Waals surface area contributed by atoms with Crippen LogP contribution in [0.15, 0.2) is 18.6 Å². The maximum absolute atomic E-state index is 5.80. The highest BCUT2D eigenvalue weighted by Gasteiger charge is 2.13. The summed E-state index contributed by atoms with van der Waals surface area (Å²) >= 11 is 0. The van der Waals surface area contributed by atoms with E-state index in [-0.39, 0.29) is 6.10 Å². The van der Waals surface area contributed by atoms with Gasteiger partial charge in [0.2, 0.25) is 0 Å². The lowest BCUT2D eigenvalue weighted by Gasteiger charge is -2.22. The molecule has 0 spiro atoms. The lowest BCUT2D eigenvalue weighted by Crippen LogP contribution is -2.29. The molecular weight excluding hydrogens is 226 g/mol. The summed E-state index contributed by atoms with van der Waals surface area (Å²) in [5.74, 6) is 0.842. The van der Waals surface area contributed by atoms with Crippen LogP contribution in [0, 0.1) is 5.92 Å². The lowest BCUT2D eigenvalue weighted by atomic mass is 9.95. The van der Waals surface area contributed by atoms with Crippen molar-refractivity contribution in [1.82, 2.24) is 15.3 Å². The SMILES string of the molecule is CC(OCCCC1CCCNC1)c1cnccn1. The van der Waals surface area contributed by atoms with Crippen LogP contribution >= 0.6 is 0 Å². The molecule has 2 atom stereocenters. The van der Waals surface area contributed by atoms with Crippen molar-refractivity contribution in [2.75, 3.05) is 19.7 Å². The van der Waals surface area contributed by atoms with Gasteiger partial charge < -0.3 is 10.1 Å². The molecular formula is C14H23N3O. The zero-order valence-electron chi connectivity index (χ0n) is 11.1. The Morgan fingerprint density at radius 2 is 2.44 bits per heavy atom. The van der Waals surface area contributed by atoms with E-state index in [0.717, 1.165) is 24.6 Å². The standard InChI is InChI=1S/C14H23N3O/c1-12(14-11-16-7-8-17-14)18-9-3-5-13-4-2-6-15-10-13/h7-8,11-13,15H,2-6,9-10H2,1H3. The first-order chi connectivity index (χ1) is 8.86. The van der Waals surface area contributed by atoms with Crippen molar-refractivity contribution in [3.63, 3.8) is 0 Å². The minimum absolute atomic E-state index is 0.0446. The molecule has 4 heteroatoms. The van der Waals surface area contributed by atoms with Gasteiger partial charge >= 0.3 is 0 Å². The van der Waals surface area contributed by atoms with E-state index in [2.05, 4.69) is 15.3 Å². The third-order valence-electron chi connectivity index (χ3n) is 3.52. The first-order valence-electron chi connectivity index (χ1n) is 6.94. The summed E-state index contributed by atoms with van der Waals surface area (Å²) in [5, 5.41) is 3.45. The molecule has 0 aromatic carbocycles. The van der Waals surface area contributed by atoms with Gasteiger partial charge in [0, 0.05) is 19.0 Å². The third kappa shape index (κ3) is 4.35. The normalized spacial score (nSPS) is 21.7. The van der Waals surface area contributed by atoms with E-state index < -0.39 is 0 Å². The van der Waals surface area contributed by atoms with Crippen LogP contribution in [0.1, 0.15) is 44.4 Å². The Kier molecular flexibility index (Phi) is 5.55. The number of rotatable bonds is 6. The molecule has 0 saturated carbocycles. The molecule has 4 nitrogen and oxygen atoms in total. The van der Waals surface area contributed by atoms with E-state index in [0.29, 0.717) is 0 Å². The highest BCUT2D eigenvalue weighted by molar-refractivity contribution is 4.97. The molecule has 0 aliphatic carbocycles. The van der Waals surface area contributed by atoms with Crippen molar-refractivity contribution in [2.24, 2.45) is 5.92 Å². The molecule has 18 heavy (non-hydrogen) atoms. The highest BCUT2D eigenvalue weighted by Crippen LogP contribution is 2.17. The number of piperidine rings is 1. The molecule has 2 heterocycles. The largest absolute Gasteiger partial charge is 0.372 e. The Hall–Kier alpha value is -1.00. The molecule has 1 saturated heterocycles. The van der Waals surface area contributed by atoms with Crippen LogP contribution in [0.25, 0.3) is 0 Å². The zero-order valence-corrected chi connectivity index (χ0v) is 11.1. The Bertz CT molecular complexity index is 325. The van der Waals surface area contributed by atoms with E-state index in [1.165, 1.54) is 32.4 Å². The van der Waals surface area contributed by atoms with Crippen LogP contribution in [-0.2, 0) is 4.74 Å². The minimum atomic E-state index is 0.0446. The molecule has 1 fully saturated rings. The summed E-state index contributed by atoms with van der Waals surface area (Å²) in [7, 11) is 0. The third-order valence-corrected chi connectivity index (χ3v) is 3.52. The predicted molar refractivity (Wildman–Crippen MR) is 71.2 cm³/mol. The van der Waals surface area contributed by atoms with Crippen molar-refractivity contribution >= 4 is 0 Å². The van der Waals surface area contributed by atoms with E-state index >= 15 is 0 Å². The molecule has 2 unspecified atom stereocenters. The van der Waals surface area contributed by atoms with Crippen molar-refractivity contribution in [1.29, 1.82) is 0 Å². The Labute approximate surface area is 109 Å². The maximum atomic E-state index is 5.80. The molecule has 1 aliphatic rings. The molecule has 0 amide bonds. The first kappa shape index (κ1) is 13.4. The molecule has 1 aliphatic heterocycles. The second-order valence-electron chi connectivity index (χ2n) is 5.00. The number of hydrogen-bond acceptors (Lipinski definition) is 4. The molecule has 1 aromatic heterocycles. The van der Waals surface area contributed by atoms with Gasteiger partial charge in [-0.25, -0.2) is 0 Å². The molecule has 2 rings (SSSR count). The van der Waals surface area contributed by atoms with E-state index in [1.807, 2.05) is 6.92 Å². The quantitative estimate of drug-likeness (QED) is 0.786. The van der Waals surface area contributed by atoms with Gasteiger partial charge in [0.15, 0.2) is 0 Å². The number of aromatic nitrogens is 2. The summed E-state index contributed by atoms with van der Waals surface area (Å²) in [6.07, 6.45) is 10.3. The monoisotopic (exact) mass is 249 g/mol. The van der Waals surface area contributed by atoms with Crippen LogP contribution < -0.4 is 5.32 Å². The number of hydrogen-bond donors (Lipinski definition) is 1. The summed E-state index contributed by atoms with van der Waals surface area (Å²) in [6, 6.07) is 0. The smallest absolute Gasteiger partial charge is 0.0982 e. The van der Waals surface area contributed by atoms with Gasteiger partial charge in [-0.3, -0.25) is 9.97 Å². The summed E-state index contributed by atoms with van der Waals surface area (Å²) < 4.78 is 5.80. The van der Waals surface area contributed by atoms with Crippen LogP contribution in [0.3, 0.4) is 0 Å². The van der Waals surface area contributed by atoms with Crippen molar-refractivity contribution < 1.29 is 4.74 Å². The molecule has 1 N–H and O–H groups in total. The Morgan fingerprint density at radius 3 is 3.17 bits per heavy atom. The average molecular weight is 249 g/mol. The fraction of sp³-hybridized carbons (Fsp3) is 0.714. The van der Waals surface area contributed by atoms with Crippen LogP contribution in [0.2, 0.25) is 0 Å². The van der Waals surface area contributed by atoms with Gasteiger partial charge in [-0.1, -0.05) is 0 Å². The van der Waals surface area contributed by atoms with E-state index in [9.17, 15) is 0 Å². The predicted octanol–water partition coefficient (Wildman–Crippen LogP) is 2.33. The van der Waals surface area contributed by atoms with Crippen LogP contribution in [0.4, 0.5) is 0 Å². The summed E-state index contributed by atoms with van der Waals surface area (Å²) in [4.78, 5) is 8.31. The van der Waals surface area contributed by atoms with Gasteiger partial charge in [0.05, 0.1) is 18.0 Å². The molecule has 1 aromatic rings. The second-order valence-corrected chi connectivity index (χ2v) is 5.00. The Balaban J connectivity index is 1.60. The minimum Gasteiger partial charge on any atom is -0.372 e. The van der Waals surface area contributed by atoms with Gasteiger partial charge in [0.25, 0.3) is 0 Å². The van der Waals surface area contributed by atoms with Crippen LogP contribution in [0.5, 0.6) is 0 Å². The average Bonchev–Trinajstić information content (AvgIpc) is 2.45.